The smallest absolute Gasteiger partial charge is 0.0542 e. The Labute approximate surface area is 114 Å². The van der Waals surface area contributed by atoms with E-state index < -0.39 is 0 Å². The van der Waals surface area contributed by atoms with Gasteiger partial charge in [0.2, 0.25) is 0 Å². The van der Waals surface area contributed by atoms with Gasteiger partial charge in [0.15, 0.2) is 0 Å². The summed E-state index contributed by atoms with van der Waals surface area (Å²) in [5, 5.41) is 7.89. The second-order valence-electron chi connectivity index (χ2n) is 5.46. The molecule has 100 valence electrons. The van der Waals surface area contributed by atoms with Gasteiger partial charge in [0, 0.05) is 24.5 Å². The van der Waals surface area contributed by atoms with Crippen molar-refractivity contribution in [2.75, 3.05) is 5.32 Å². The summed E-state index contributed by atoms with van der Waals surface area (Å²) in [6.45, 7) is 2.19. The fraction of sp³-hybridized carbons (Fsp3) is 0.438. The third-order valence-corrected chi connectivity index (χ3v) is 3.99. The Bertz CT molecular complexity index is 571. The minimum atomic E-state index is 0.294. The molecule has 0 saturated carbocycles. The number of hydrogen-bond donors (Lipinski definition) is 1. The van der Waals surface area contributed by atoms with Crippen LogP contribution in [-0.4, -0.2) is 9.78 Å². The van der Waals surface area contributed by atoms with Gasteiger partial charge >= 0.3 is 0 Å². The molecule has 0 amide bonds. The second-order valence-corrected chi connectivity index (χ2v) is 5.46. The van der Waals surface area contributed by atoms with Crippen molar-refractivity contribution in [2.24, 2.45) is 7.05 Å². The van der Waals surface area contributed by atoms with Crippen LogP contribution < -0.4 is 5.32 Å². The molecule has 1 N–H and O–H groups in total. The summed E-state index contributed by atoms with van der Waals surface area (Å²) in [5.74, 6) is 0. The Morgan fingerprint density at radius 1 is 1.26 bits per heavy atom. The Kier molecular flexibility index (Phi) is 3.28. The highest BCUT2D eigenvalue weighted by Crippen LogP contribution is 2.30. The molecule has 1 aliphatic rings. The van der Waals surface area contributed by atoms with Crippen molar-refractivity contribution in [3.8, 4) is 0 Å². The summed E-state index contributed by atoms with van der Waals surface area (Å²) in [5.41, 5.74) is 5.57. The minimum absolute atomic E-state index is 0.294. The van der Waals surface area contributed by atoms with Crippen molar-refractivity contribution in [3.05, 3.63) is 47.3 Å². The largest absolute Gasteiger partial charge is 0.378 e. The van der Waals surface area contributed by atoms with Crippen LogP contribution in [0.2, 0.25) is 0 Å². The van der Waals surface area contributed by atoms with Crippen LogP contribution in [0.15, 0.2) is 30.6 Å². The van der Waals surface area contributed by atoms with Crippen LogP contribution in [-0.2, 0) is 19.9 Å². The molecule has 3 rings (SSSR count). The first kappa shape index (κ1) is 12.3. The average Bonchev–Trinajstić information content (AvgIpc) is 2.86. The lowest BCUT2D eigenvalue weighted by Gasteiger charge is -2.22. The number of nitrogens with zero attached hydrogens (tertiary/aromatic N) is 2. The molecule has 1 aromatic carbocycles. The molecular formula is C16H21N3. The molecule has 2 aromatic rings. The van der Waals surface area contributed by atoms with Gasteiger partial charge in [0.1, 0.15) is 0 Å². The summed E-state index contributed by atoms with van der Waals surface area (Å²) in [7, 11) is 1.96. The van der Waals surface area contributed by atoms with Crippen molar-refractivity contribution >= 4 is 5.69 Å². The van der Waals surface area contributed by atoms with Gasteiger partial charge in [-0.2, -0.15) is 5.10 Å². The van der Waals surface area contributed by atoms with E-state index in [9.17, 15) is 0 Å². The van der Waals surface area contributed by atoms with E-state index in [1.165, 1.54) is 48.1 Å². The van der Waals surface area contributed by atoms with Crippen molar-refractivity contribution in [1.82, 2.24) is 9.78 Å². The van der Waals surface area contributed by atoms with E-state index in [2.05, 4.69) is 41.7 Å². The van der Waals surface area contributed by atoms with Gasteiger partial charge in [-0.25, -0.2) is 0 Å². The number of nitrogens with one attached hydrogen (secondary N) is 1. The molecule has 1 atom stereocenters. The van der Waals surface area contributed by atoms with Crippen molar-refractivity contribution in [2.45, 2.75) is 38.6 Å². The van der Waals surface area contributed by atoms with E-state index in [1.54, 1.807) is 0 Å². The van der Waals surface area contributed by atoms with Crippen LogP contribution in [0.5, 0.6) is 0 Å². The summed E-state index contributed by atoms with van der Waals surface area (Å²) in [6.07, 6.45) is 9.09. The number of rotatable bonds is 3. The number of aromatic nitrogens is 2. The third kappa shape index (κ3) is 2.50. The highest BCUT2D eigenvalue weighted by molar-refractivity contribution is 5.56. The van der Waals surface area contributed by atoms with Crippen LogP contribution >= 0.6 is 0 Å². The molecule has 1 unspecified atom stereocenters. The predicted octanol–water partition coefficient (Wildman–Crippen LogP) is 3.47. The average molecular weight is 255 g/mol. The molecule has 0 aliphatic heterocycles. The Hall–Kier alpha value is -1.77. The van der Waals surface area contributed by atoms with Crippen molar-refractivity contribution in [3.63, 3.8) is 0 Å². The maximum atomic E-state index is 4.24. The highest BCUT2D eigenvalue weighted by Gasteiger charge is 2.15. The number of fused-ring (bicyclic) bond motifs is 1. The monoisotopic (exact) mass is 255 g/mol. The van der Waals surface area contributed by atoms with E-state index in [0.717, 1.165) is 0 Å². The molecule has 0 fully saturated rings. The summed E-state index contributed by atoms with van der Waals surface area (Å²) in [6, 6.07) is 6.94. The number of benzene rings is 1. The van der Waals surface area contributed by atoms with Crippen LogP contribution in [0.1, 0.15) is 42.5 Å². The van der Waals surface area contributed by atoms with E-state index >= 15 is 0 Å². The van der Waals surface area contributed by atoms with E-state index in [1.807, 2.05) is 17.9 Å². The van der Waals surface area contributed by atoms with E-state index in [4.69, 9.17) is 0 Å². The molecule has 0 spiro atoms. The van der Waals surface area contributed by atoms with Gasteiger partial charge in [-0.05, 0) is 49.8 Å². The molecule has 1 aromatic heterocycles. The second kappa shape index (κ2) is 5.08. The fourth-order valence-electron chi connectivity index (χ4n) is 2.90. The minimum Gasteiger partial charge on any atom is -0.378 e. The maximum absolute atomic E-state index is 4.24. The molecule has 1 heterocycles. The first-order valence-corrected chi connectivity index (χ1v) is 7.10. The van der Waals surface area contributed by atoms with Crippen LogP contribution in [0.25, 0.3) is 0 Å². The lowest BCUT2D eigenvalue weighted by molar-refractivity contribution is 0.685. The van der Waals surface area contributed by atoms with Gasteiger partial charge in [-0.1, -0.05) is 12.1 Å². The van der Waals surface area contributed by atoms with Crippen molar-refractivity contribution in [1.29, 1.82) is 0 Å². The molecule has 3 heteroatoms. The van der Waals surface area contributed by atoms with Crippen LogP contribution in [0.4, 0.5) is 5.69 Å². The zero-order chi connectivity index (χ0) is 13.2. The molecule has 3 nitrogen and oxygen atoms in total. The fourth-order valence-corrected chi connectivity index (χ4v) is 2.90. The topological polar surface area (TPSA) is 29.9 Å². The van der Waals surface area contributed by atoms with E-state index in [-0.39, 0.29) is 0 Å². The van der Waals surface area contributed by atoms with Crippen LogP contribution in [0, 0.1) is 0 Å². The summed E-state index contributed by atoms with van der Waals surface area (Å²) >= 11 is 0. The predicted molar refractivity (Wildman–Crippen MR) is 78.3 cm³/mol. The lowest BCUT2D eigenvalue weighted by atomic mass is 9.90. The van der Waals surface area contributed by atoms with E-state index in [0.29, 0.717) is 6.04 Å². The Morgan fingerprint density at radius 3 is 2.89 bits per heavy atom. The maximum Gasteiger partial charge on any atom is 0.0542 e. The van der Waals surface area contributed by atoms with Gasteiger partial charge < -0.3 is 5.32 Å². The lowest BCUT2D eigenvalue weighted by Crippen LogP contribution is -2.11. The third-order valence-electron chi connectivity index (χ3n) is 3.99. The van der Waals surface area contributed by atoms with Gasteiger partial charge in [-0.3, -0.25) is 4.68 Å². The molecule has 1 aliphatic carbocycles. The Balaban J connectivity index is 1.83. The number of anilines is 1. The zero-order valence-electron chi connectivity index (χ0n) is 11.7. The number of aryl methyl sites for hydroxylation is 2. The van der Waals surface area contributed by atoms with Gasteiger partial charge in [0.05, 0.1) is 12.2 Å². The molecule has 0 bridgehead atoms. The summed E-state index contributed by atoms with van der Waals surface area (Å²) in [4.78, 5) is 0. The molecule has 19 heavy (non-hydrogen) atoms. The molecule has 0 saturated heterocycles. The highest BCUT2D eigenvalue weighted by atomic mass is 15.2. The van der Waals surface area contributed by atoms with Crippen molar-refractivity contribution < 1.29 is 0 Å². The van der Waals surface area contributed by atoms with Gasteiger partial charge in [0.25, 0.3) is 0 Å². The molecule has 0 radical (unpaired) electrons. The SMILES string of the molecule is CC(Nc1cccc2c1CCCC2)c1cnn(C)c1. The van der Waals surface area contributed by atoms with Crippen LogP contribution in [0.3, 0.4) is 0 Å². The number of hydrogen-bond acceptors (Lipinski definition) is 2. The molecular weight excluding hydrogens is 234 g/mol. The quantitative estimate of drug-likeness (QED) is 0.910. The first-order chi connectivity index (χ1) is 9.24. The standard InChI is InChI=1S/C16H21N3/c1-12(14-10-17-19(2)11-14)18-16-9-5-7-13-6-3-4-8-15(13)16/h5,7,9-12,18H,3-4,6,8H2,1-2H3. The zero-order valence-corrected chi connectivity index (χ0v) is 11.7. The first-order valence-electron chi connectivity index (χ1n) is 7.10. The summed E-state index contributed by atoms with van der Waals surface area (Å²) < 4.78 is 1.86. The van der Waals surface area contributed by atoms with Gasteiger partial charge in [-0.15, -0.1) is 0 Å². The Morgan fingerprint density at radius 2 is 2.11 bits per heavy atom. The normalized spacial score (nSPS) is 15.9.